The van der Waals surface area contributed by atoms with Gasteiger partial charge < -0.3 is 5.73 Å². The van der Waals surface area contributed by atoms with Crippen molar-refractivity contribution in [3.8, 4) is 0 Å². The number of hydrogen-bond donors (Lipinski definition) is 1. The third-order valence-electron chi connectivity index (χ3n) is 3.06. The summed E-state index contributed by atoms with van der Waals surface area (Å²) in [6.45, 7) is 3.90. The summed E-state index contributed by atoms with van der Waals surface area (Å²) >= 11 is 6.20. The molecule has 5 heteroatoms. The molecule has 2 N–H and O–H groups in total. The highest BCUT2D eigenvalue weighted by Gasteiger charge is 2.15. The van der Waals surface area contributed by atoms with Crippen LogP contribution in [-0.2, 0) is 13.5 Å². The van der Waals surface area contributed by atoms with E-state index in [1.165, 1.54) is 0 Å². The average molecular weight is 265 g/mol. The molecule has 2 heterocycles. The van der Waals surface area contributed by atoms with Gasteiger partial charge in [-0.15, -0.1) is 0 Å². The SMILES string of the molecule is Cc1ccc(C(N)Cc2c(C)nn(C)c2Cl)cn1. The fourth-order valence-corrected chi connectivity index (χ4v) is 2.19. The van der Waals surface area contributed by atoms with E-state index in [1.807, 2.05) is 39.2 Å². The number of pyridine rings is 1. The molecule has 0 aromatic carbocycles. The number of nitrogens with two attached hydrogens (primary N) is 1. The summed E-state index contributed by atoms with van der Waals surface area (Å²) in [6, 6.07) is 3.86. The van der Waals surface area contributed by atoms with Crippen LogP contribution in [0.5, 0.6) is 0 Å². The van der Waals surface area contributed by atoms with E-state index in [0.717, 1.165) is 22.5 Å². The molecule has 0 aliphatic rings. The fourth-order valence-electron chi connectivity index (χ4n) is 1.94. The first-order chi connectivity index (χ1) is 8.49. The number of aromatic nitrogens is 3. The van der Waals surface area contributed by atoms with Crippen LogP contribution in [0.3, 0.4) is 0 Å². The Bertz CT molecular complexity index is 545. The molecule has 2 rings (SSSR count). The summed E-state index contributed by atoms with van der Waals surface area (Å²) in [7, 11) is 1.83. The van der Waals surface area contributed by atoms with Crippen molar-refractivity contribution < 1.29 is 0 Å². The van der Waals surface area contributed by atoms with Crippen LogP contribution in [0.4, 0.5) is 0 Å². The molecule has 18 heavy (non-hydrogen) atoms. The van der Waals surface area contributed by atoms with Crippen LogP contribution in [0.1, 0.15) is 28.6 Å². The topological polar surface area (TPSA) is 56.7 Å². The highest BCUT2D eigenvalue weighted by molar-refractivity contribution is 6.30. The maximum Gasteiger partial charge on any atom is 0.130 e. The maximum absolute atomic E-state index is 6.20. The Labute approximate surface area is 112 Å². The molecular formula is C13H17ClN4. The molecule has 0 radical (unpaired) electrons. The van der Waals surface area contributed by atoms with Crippen LogP contribution in [0.2, 0.25) is 5.15 Å². The summed E-state index contributed by atoms with van der Waals surface area (Å²) in [5.74, 6) is 0. The fraction of sp³-hybridized carbons (Fsp3) is 0.385. The van der Waals surface area contributed by atoms with Crippen LogP contribution >= 0.6 is 11.6 Å². The van der Waals surface area contributed by atoms with Gasteiger partial charge in [0.2, 0.25) is 0 Å². The first kappa shape index (κ1) is 13.1. The Morgan fingerprint density at radius 2 is 2.11 bits per heavy atom. The van der Waals surface area contributed by atoms with Gasteiger partial charge in [-0.2, -0.15) is 5.10 Å². The van der Waals surface area contributed by atoms with Crippen LogP contribution in [0.15, 0.2) is 18.3 Å². The van der Waals surface area contributed by atoms with Crippen LogP contribution in [0.25, 0.3) is 0 Å². The second kappa shape index (κ2) is 5.08. The van der Waals surface area contributed by atoms with Gasteiger partial charge in [-0.1, -0.05) is 17.7 Å². The van der Waals surface area contributed by atoms with Gasteiger partial charge in [0.25, 0.3) is 0 Å². The Morgan fingerprint density at radius 3 is 2.61 bits per heavy atom. The first-order valence-electron chi connectivity index (χ1n) is 5.85. The van der Waals surface area contributed by atoms with Gasteiger partial charge >= 0.3 is 0 Å². The minimum atomic E-state index is -0.113. The second-order valence-electron chi connectivity index (χ2n) is 4.52. The monoisotopic (exact) mass is 264 g/mol. The molecule has 1 unspecified atom stereocenters. The van der Waals surface area contributed by atoms with Gasteiger partial charge in [-0.05, 0) is 31.9 Å². The smallest absolute Gasteiger partial charge is 0.130 e. The van der Waals surface area contributed by atoms with E-state index >= 15 is 0 Å². The van der Waals surface area contributed by atoms with E-state index in [9.17, 15) is 0 Å². The van der Waals surface area contributed by atoms with Gasteiger partial charge in [0, 0.05) is 30.5 Å². The molecule has 0 fully saturated rings. The first-order valence-corrected chi connectivity index (χ1v) is 6.23. The zero-order chi connectivity index (χ0) is 13.3. The molecule has 96 valence electrons. The third-order valence-corrected chi connectivity index (χ3v) is 3.53. The van der Waals surface area contributed by atoms with E-state index in [0.29, 0.717) is 11.6 Å². The molecule has 4 nitrogen and oxygen atoms in total. The molecule has 0 bridgehead atoms. The van der Waals surface area contributed by atoms with Gasteiger partial charge in [-0.3, -0.25) is 9.67 Å². The van der Waals surface area contributed by atoms with E-state index in [-0.39, 0.29) is 6.04 Å². The summed E-state index contributed by atoms with van der Waals surface area (Å²) in [5.41, 5.74) is 10.1. The lowest BCUT2D eigenvalue weighted by molar-refractivity contribution is 0.713. The third kappa shape index (κ3) is 2.54. The van der Waals surface area contributed by atoms with Crippen molar-refractivity contribution in [2.45, 2.75) is 26.3 Å². The number of nitrogens with zero attached hydrogens (tertiary/aromatic N) is 3. The van der Waals surface area contributed by atoms with Crippen LogP contribution in [-0.4, -0.2) is 14.8 Å². The Morgan fingerprint density at radius 1 is 1.39 bits per heavy atom. The van der Waals surface area contributed by atoms with Crippen molar-refractivity contribution in [3.05, 3.63) is 46.0 Å². The van der Waals surface area contributed by atoms with Crippen molar-refractivity contribution in [3.63, 3.8) is 0 Å². The maximum atomic E-state index is 6.20. The Kier molecular flexibility index (Phi) is 3.68. The lowest BCUT2D eigenvalue weighted by Crippen LogP contribution is -2.14. The van der Waals surface area contributed by atoms with Gasteiger partial charge in [0.1, 0.15) is 5.15 Å². The normalized spacial score (nSPS) is 12.7. The summed E-state index contributed by atoms with van der Waals surface area (Å²) in [6.07, 6.45) is 2.49. The lowest BCUT2D eigenvalue weighted by atomic mass is 10.0. The summed E-state index contributed by atoms with van der Waals surface area (Å²) in [5, 5.41) is 4.94. The van der Waals surface area contributed by atoms with E-state index in [2.05, 4.69) is 10.1 Å². The predicted octanol–water partition coefficient (Wildman–Crippen LogP) is 2.33. The molecule has 0 amide bonds. The van der Waals surface area contributed by atoms with E-state index < -0.39 is 0 Å². The predicted molar refractivity (Wildman–Crippen MR) is 72.6 cm³/mol. The molecule has 0 spiro atoms. The van der Waals surface area contributed by atoms with Crippen molar-refractivity contribution in [1.82, 2.24) is 14.8 Å². The quantitative estimate of drug-likeness (QED) is 0.926. The molecule has 1 atom stereocenters. The zero-order valence-corrected chi connectivity index (χ0v) is 11.6. The molecule has 0 aliphatic heterocycles. The Hall–Kier alpha value is -1.39. The largest absolute Gasteiger partial charge is 0.324 e. The minimum Gasteiger partial charge on any atom is -0.324 e. The number of halogens is 1. The van der Waals surface area contributed by atoms with E-state index in [4.69, 9.17) is 17.3 Å². The minimum absolute atomic E-state index is 0.113. The van der Waals surface area contributed by atoms with Crippen LogP contribution in [0, 0.1) is 13.8 Å². The second-order valence-corrected chi connectivity index (χ2v) is 4.88. The Balaban J connectivity index is 2.21. The molecular weight excluding hydrogens is 248 g/mol. The number of hydrogen-bond acceptors (Lipinski definition) is 3. The van der Waals surface area contributed by atoms with Crippen molar-refractivity contribution in [2.24, 2.45) is 12.8 Å². The standard InChI is InChI=1S/C13H17ClN4/c1-8-4-5-10(7-16-8)12(15)6-11-9(2)17-18(3)13(11)14/h4-5,7,12H,6,15H2,1-3H3. The highest BCUT2D eigenvalue weighted by Crippen LogP contribution is 2.24. The average Bonchev–Trinajstić information content (AvgIpc) is 2.57. The van der Waals surface area contributed by atoms with Gasteiger partial charge in [-0.25, -0.2) is 0 Å². The molecule has 2 aromatic heterocycles. The van der Waals surface area contributed by atoms with Crippen LogP contribution < -0.4 is 5.73 Å². The summed E-state index contributed by atoms with van der Waals surface area (Å²) < 4.78 is 1.67. The lowest BCUT2D eigenvalue weighted by Gasteiger charge is -2.11. The summed E-state index contributed by atoms with van der Waals surface area (Å²) in [4.78, 5) is 4.26. The van der Waals surface area contributed by atoms with E-state index in [1.54, 1.807) is 4.68 Å². The van der Waals surface area contributed by atoms with Gasteiger partial charge in [0.05, 0.1) is 5.69 Å². The number of aryl methyl sites for hydroxylation is 3. The number of rotatable bonds is 3. The highest BCUT2D eigenvalue weighted by atomic mass is 35.5. The molecule has 0 saturated carbocycles. The molecule has 2 aromatic rings. The molecule has 0 aliphatic carbocycles. The zero-order valence-electron chi connectivity index (χ0n) is 10.8. The van der Waals surface area contributed by atoms with Gasteiger partial charge in [0.15, 0.2) is 0 Å². The van der Waals surface area contributed by atoms with Crippen molar-refractivity contribution in [1.29, 1.82) is 0 Å². The van der Waals surface area contributed by atoms with Crippen molar-refractivity contribution >= 4 is 11.6 Å². The van der Waals surface area contributed by atoms with Crippen molar-refractivity contribution in [2.75, 3.05) is 0 Å². The molecule has 0 saturated heterocycles.